The van der Waals surface area contributed by atoms with Gasteiger partial charge in [0.2, 0.25) is 11.8 Å². The molecule has 0 aliphatic carbocycles. The summed E-state index contributed by atoms with van der Waals surface area (Å²) in [4.78, 5) is 44.2. The van der Waals surface area contributed by atoms with Crippen LogP contribution >= 0.6 is 0 Å². The van der Waals surface area contributed by atoms with E-state index in [2.05, 4.69) is 6.92 Å². The smallest absolute Gasteiger partial charge is 0.253 e. The van der Waals surface area contributed by atoms with Gasteiger partial charge in [-0.15, -0.1) is 0 Å². The van der Waals surface area contributed by atoms with Gasteiger partial charge in [0, 0.05) is 56.7 Å². The van der Waals surface area contributed by atoms with Gasteiger partial charge in [-0.25, -0.2) is 4.39 Å². The van der Waals surface area contributed by atoms with Crippen LogP contribution in [0.1, 0.15) is 55.8 Å². The summed E-state index contributed by atoms with van der Waals surface area (Å²) in [6, 6.07) is 5.60. The van der Waals surface area contributed by atoms with Crippen molar-refractivity contribution in [3.05, 3.63) is 35.6 Å². The molecule has 0 spiro atoms. The van der Waals surface area contributed by atoms with Gasteiger partial charge in [0.05, 0.1) is 0 Å². The van der Waals surface area contributed by atoms with Crippen LogP contribution in [0.2, 0.25) is 0 Å². The summed E-state index contributed by atoms with van der Waals surface area (Å²) in [6.07, 6.45) is 4.97. The summed E-state index contributed by atoms with van der Waals surface area (Å²) in [7, 11) is 0. The number of amides is 3. The number of carbonyl (C=O) groups is 3. The second-order valence-electron chi connectivity index (χ2n) is 9.68. The van der Waals surface area contributed by atoms with Gasteiger partial charge in [0.25, 0.3) is 5.91 Å². The van der Waals surface area contributed by atoms with E-state index in [0.717, 1.165) is 38.8 Å². The van der Waals surface area contributed by atoms with Gasteiger partial charge in [-0.1, -0.05) is 6.92 Å². The van der Waals surface area contributed by atoms with Crippen molar-refractivity contribution >= 4 is 17.7 Å². The molecular formula is C25H34FN3O3. The lowest BCUT2D eigenvalue weighted by atomic mass is 9.90. The summed E-state index contributed by atoms with van der Waals surface area (Å²) in [5.74, 6) is 0.652. The maximum atomic E-state index is 13.1. The maximum Gasteiger partial charge on any atom is 0.253 e. The van der Waals surface area contributed by atoms with Gasteiger partial charge in [-0.2, -0.15) is 0 Å². The number of benzene rings is 1. The van der Waals surface area contributed by atoms with Gasteiger partial charge in [0.15, 0.2) is 0 Å². The highest BCUT2D eigenvalue weighted by Gasteiger charge is 2.35. The number of likely N-dealkylation sites (tertiary alicyclic amines) is 3. The average molecular weight is 444 g/mol. The summed E-state index contributed by atoms with van der Waals surface area (Å²) in [5, 5.41) is 0. The molecular weight excluding hydrogens is 409 g/mol. The maximum absolute atomic E-state index is 13.1. The van der Waals surface area contributed by atoms with Crippen molar-refractivity contribution in [2.75, 3.05) is 39.3 Å². The number of piperidine rings is 3. The fraction of sp³-hybridized carbons (Fsp3) is 0.640. The Morgan fingerprint density at radius 2 is 1.09 bits per heavy atom. The van der Waals surface area contributed by atoms with Gasteiger partial charge in [-0.3, -0.25) is 14.4 Å². The number of halogens is 1. The van der Waals surface area contributed by atoms with Gasteiger partial charge >= 0.3 is 0 Å². The Hall–Kier alpha value is -2.44. The number of rotatable bonds is 3. The molecule has 3 heterocycles. The molecule has 4 rings (SSSR count). The molecule has 0 radical (unpaired) electrons. The summed E-state index contributed by atoms with van der Waals surface area (Å²) in [5.41, 5.74) is 0.478. The van der Waals surface area contributed by atoms with Crippen molar-refractivity contribution < 1.29 is 18.8 Å². The third-order valence-corrected chi connectivity index (χ3v) is 7.47. The third-order valence-electron chi connectivity index (χ3n) is 7.47. The molecule has 174 valence electrons. The molecule has 3 aliphatic rings. The van der Waals surface area contributed by atoms with Crippen molar-refractivity contribution in [3.8, 4) is 0 Å². The molecule has 1 aromatic carbocycles. The second kappa shape index (κ2) is 10.0. The molecule has 0 aromatic heterocycles. The van der Waals surface area contributed by atoms with Crippen LogP contribution in [0.3, 0.4) is 0 Å². The minimum absolute atomic E-state index is 0.0441. The van der Waals surface area contributed by atoms with Crippen LogP contribution in [0, 0.1) is 23.6 Å². The van der Waals surface area contributed by atoms with Crippen LogP contribution in [-0.2, 0) is 9.59 Å². The van der Waals surface area contributed by atoms with Gasteiger partial charge in [0.1, 0.15) is 5.82 Å². The van der Waals surface area contributed by atoms with Crippen LogP contribution in [0.4, 0.5) is 4.39 Å². The normalized spacial score (nSPS) is 21.6. The largest absolute Gasteiger partial charge is 0.342 e. The monoisotopic (exact) mass is 443 g/mol. The molecule has 32 heavy (non-hydrogen) atoms. The third kappa shape index (κ3) is 5.13. The van der Waals surface area contributed by atoms with Crippen LogP contribution in [0.15, 0.2) is 24.3 Å². The first-order chi connectivity index (χ1) is 15.4. The Morgan fingerprint density at radius 3 is 1.56 bits per heavy atom. The SMILES string of the molecule is CC1CCN(C(=O)C2CCN(C(=O)C3CCN(C(=O)c4ccc(F)cc4)CC3)CC2)CC1. The van der Waals surface area contributed by atoms with Crippen LogP contribution in [0.5, 0.6) is 0 Å². The molecule has 3 saturated heterocycles. The number of hydrogen-bond donors (Lipinski definition) is 0. The van der Waals surface area contributed by atoms with Crippen molar-refractivity contribution in [2.45, 2.75) is 45.4 Å². The minimum Gasteiger partial charge on any atom is -0.342 e. The topological polar surface area (TPSA) is 60.9 Å². The first-order valence-electron chi connectivity index (χ1n) is 12.0. The van der Waals surface area contributed by atoms with Crippen molar-refractivity contribution in [1.82, 2.24) is 14.7 Å². The molecule has 0 N–H and O–H groups in total. The lowest BCUT2D eigenvalue weighted by Gasteiger charge is -2.39. The average Bonchev–Trinajstić information content (AvgIpc) is 2.84. The lowest BCUT2D eigenvalue weighted by Crippen LogP contribution is -2.49. The van der Waals surface area contributed by atoms with E-state index in [1.807, 2.05) is 9.80 Å². The first-order valence-corrected chi connectivity index (χ1v) is 12.0. The number of hydrogen-bond acceptors (Lipinski definition) is 3. The number of nitrogens with zero attached hydrogens (tertiary/aromatic N) is 3. The zero-order chi connectivity index (χ0) is 22.7. The Bertz CT molecular complexity index is 819. The van der Waals surface area contributed by atoms with Crippen molar-refractivity contribution in [1.29, 1.82) is 0 Å². The Morgan fingerprint density at radius 1 is 0.688 bits per heavy atom. The molecule has 3 fully saturated rings. The number of carbonyl (C=O) groups excluding carboxylic acids is 3. The van der Waals surface area contributed by atoms with Gasteiger partial charge < -0.3 is 14.7 Å². The lowest BCUT2D eigenvalue weighted by molar-refractivity contribution is -0.144. The highest BCUT2D eigenvalue weighted by molar-refractivity contribution is 5.94. The van der Waals surface area contributed by atoms with E-state index in [9.17, 15) is 18.8 Å². The minimum atomic E-state index is -0.359. The van der Waals surface area contributed by atoms with E-state index in [4.69, 9.17) is 0 Å². The summed E-state index contributed by atoms with van der Waals surface area (Å²) >= 11 is 0. The molecule has 0 unspecified atom stereocenters. The molecule has 0 atom stereocenters. The Kier molecular flexibility index (Phi) is 7.11. The van der Waals surface area contributed by atoms with Crippen molar-refractivity contribution in [2.24, 2.45) is 17.8 Å². The standard InChI is InChI=1S/C25H34FN3O3/c1-18-6-12-27(13-7-18)24(31)20-10-16-29(17-11-20)25(32)21-8-14-28(15-9-21)23(30)19-2-4-22(26)5-3-19/h2-5,18,20-21H,6-17H2,1H3. The Labute approximate surface area is 189 Å². The van der Waals surface area contributed by atoms with Crippen LogP contribution in [0.25, 0.3) is 0 Å². The van der Waals surface area contributed by atoms with Crippen LogP contribution in [-0.4, -0.2) is 71.7 Å². The molecule has 7 heteroatoms. The predicted molar refractivity (Wildman–Crippen MR) is 119 cm³/mol. The second-order valence-corrected chi connectivity index (χ2v) is 9.68. The molecule has 6 nitrogen and oxygen atoms in total. The molecule has 0 bridgehead atoms. The summed E-state index contributed by atoms with van der Waals surface area (Å²) in [6.45, 7) is 6.35. The first kappa shape index (κ1) is 22.7. The quantitative estimate of drug-likeness (QED) is 0.721. The zero-order valence-electron chi connectivity index (χ0n) is 19.0. The highest BCUT2D eigenvalue weighted by Crippen LogP contribution is 2.27. The van der Waals surface area contributed by atoms with E-state index in [-0.39, 0.29) is 35.4 Å². The Balaban J connectivity index is 1.22. The van der Waals surface area contributed by atoms with Crippen molar-refractivity contribution in [3.63, 3.8) is 0 Å². The van der Waals surface area contributed by atoms with E-state index in [1.165, 1.54) is 24.3 Å². The van der Waals surface area contributed by atoms with Gasteiger partial charge in [-0.05, 0) is 68.7 Å². The van der Waals surface area contributed by atoms with E-state index >= 15 is 0 Å². The predicted octanol–water partition coefficient (Wildman–Crippen LogP) is 3.18. The molecule has 1 aromatic rings. The highest BCUT2D eigenvalue weighted by atomic mass is 19.1. The van der Waals surface area contributed by atoms with Crippen LogP contribution < -0.4 is 0 Å². The van der Waals surface area contributed by atoms with E-state index in [0.29, 0.717) is 50.5 Å². The van der Waals surface area contributed by atoms with E-state index < -0.39 is 0 Å². The summed E-state index contributed by atoms with van der Waals surface area (Å²) < 4.78 is 13.1. The van der Waals surface area contributed by atoms with E-state index in [1.54, 1.807) is 4.90 Å². The molecule has 3 amide bonds. The zero-order valence-corrected chi connectivity index (χ0v) is 19.0. The fourth-order valence-electron chi connectivity index (χ4n) is 5.20. The molecule has 3 aliphatic heterocycles. The fourth-order valence-corrected chi connectivity index (χ4v) is 5.20. The molecule has 0 saturated carbocycles.